The Bertz CT molecular complexity index is 1290. The van der Waals surface area contributed by atoms with Gasteiger partial charge in [-0.05, 0) is 37.0 Å². The number of nitrogens with one attached hydrogen (secondary N) is 2. The van der Waals surface area contributed by atoms with Crippen LogP contribution in [-0.4, -0.2) is 65.8 Å². The molecule has 8 heteroatoms. The number of hydrogen-bond donors (Lipinski definition) is 3. The number of aromatic amines is 1. The third-order valence-corrected chi connectivity index (χ3v) is 8.40. The van der Waals surface area contributed by atoms with Crippen molar-refractivity contribution in [2.45, 2.75) is 56.2 Å². The molecule has 2 aromatic carbocycles. The highest BCUT2D eigenvalue weighted by atomic mass is 16.5. The molecular formula is C30H37N3O5. The van der Waals surface area contributed by atoms with Crippen LogP contribution in [0, 0.1) is 5.92 Å². The standard InChI is InChI=1S/C30H37N3O5/c1-37-26-13-6-4-10-22(26)28-23-11-7-8-14-30(23,36)15-16-33(28)19-27(34)32-25(29(35)38-2)17-20-18-31-24-12-5-3-9-21(20)24/h3-6,9-10,12-13,18,23,25,28,31,36H,7-8,11,14-17,19H2,1-2H3,(H,32,34)/t23-,25?,28-,30-/m0/s1. The highest BCUT2D eigenvalue weighted by Gasteiger charge is 2.49. The number of carbonyl (C=O) groups is 2. The second-order valence-electron chi connectivity index (χ2n) is 10.6. The number of fused-ring (bicyclic) bond motifs is 2. The zero-order valence-corrected chi connectivity index (χ0v) is 22.1. The van der Waals surface area contributed by atoms with E-state index in [1.807, 2.05) is 54.7 Å². The zero-order chi connectivity index (χ0) is 26.7. The number of H-pyrrole nitrogens is 1. The van der Waals surface area contributed by atoms with E-state index in [0.29, 0.717) is 19.4 Å². The van der Waals surface area contributed by atoms with Crippen molar-refractivity contribution in [3.63, 3.8) is 0 Å². The van der Waals surface area contributed by atoms with Crippen LogP contribution >= 0.6 is 0 Å². The molecule has 1 saturated heterocycles. The highest BCUT2D eigenvalue weighted by Crippen LogP contribution is 2.50. The minimum atomic E-state index is -0.812. The molecule has 3 aromatic rings. The topological polar surface area (TPSA) is 104 Å². The van der Waals surface area contributed by atoms with Crippen molar-refractivity contribution >= 4 is 22.8 Å². The monoisotopic (exact) mass is 519 g/mol. The van der Waals surface area contributed by atoms with Crippen LogP contribution in [0.5, 0.6) is 5.75 Å². The summed E-state index contributed by atoms with van der Waals surface area (Å²) in [5, 5.41) is 15.5. The van der Waals surface area contributed by atoms with E-state index in [-0.39, 0.29) is 24.4 Å². The van der Waals surface area contributed by atoms with Gasteiger partial charge in [0, 0.05) is 47.6 Å². The lowest BCUT2D eigenvalue weighted by atomic mass is 9.66. The van der Waals surface area contributed by atoms with Crippen molar-refractivity contribution in [1.29, 1.82) is 0 Å². The molecule has 1 aliphatic heterocycles. The lowest BCUT2D eigenvalue weighted by Crippen LogP contribution is -2.57. The number of hydrogen-bond acceptors (Lipinski definition) is 6. The van der Waals surface area contributed by atoms with E-state index in [4.69, 9.17) is 9.47 Å². The Kier molecular flexibility index (Phi) is 7.72. The molecular weight excluding hydrogens is 482 g/mol. The predicted molar refractivity (Wildman–Crippen MR) is 145 cm³/mol. The first-order valence-electron chi connectivity index (χ1n) is 13.4. The van der Waals surface area contributed by atoms with Gasteiger partial charge in [-0.15, -0.1) is 0 Å². The molecule has 1 aliphatic carbocycles. The summed E-state index contributed by atoms with van der Waals surface area (Å²) in [5.41, 5.74) is 2.15. The Morgan fingerprint density at radius 2 is 1.92 bits per heavy atom. The number of likely N-dealkylation sites (tertiary alicyclic amines) is 1. The highest BCUT2D eigenvalue weighted by molar-refractivity contribution is 5.88. The summed E-state index contributed by atoms with van der Waals surface area (Å²) in [5.74, 6) is 0.0211. The van der Waals surface area contributed by atoms with Crippen LogP contribution in [0.4, 0.5) is 0 Å². The Hall–Kier alpha value is -3.36. The van der Waals surface area contributed by atoms with E-state index < -0.39 is 17.6 Å². The fraction of sp³-hybridized carbons (Fsp3) is 0.467. The first-order chi connectivity index (χ1) is 18.4. The predicted octanol–water partition coefficient (Wildman–Crippen LogP) is 3.75. The minimum absolute atomic E-state index is 0.00303. The van der Waals surface area contributed by atoms with Gasteiger partial charge in [0.25, 0.3) is 0 Å². The molecule has 8 nitrogen and oxygen atoms in total. The van der Waals surface area contributed by atoms with E-state index in [2.05, 4.69) is 15.2 Å². The number of rotatable bonds is 8. The largest absolute Gasteiger partial charge is 0.496 e. The summed E-state index contributed by atoms with van der Waals surface area (Å²) in [6, 6.07) is 14.8. The summed E-state index contributed by atoms with van der Waals surface area (Å²) in [4.78, 5) is 31.5. The van der Waals surface area contributed by atoms with Crippen molar-refractivity contribution in [3.05, 3.63) is 65.9 Å². The Morgan fingerprint density at radius 3 is 2.74 bits per heavy atom. The first-order valence-corrected chi connectivity index (χ1v) is 13.4. The Labute approximate surface area is 223 Å². The number of methoxy groups -OCH3 is 2. The number of benzene rings is 2. The average molecular weight is 520 g/mol. The third-order valence-electron chi connectivity index (χ3n) is 8.40. The Balaban J connectivity index is 1.37. The van der Waals surface area contributed by atoms with Gasteiger partial charge in [-0.1, -0.05) is 49.2 Å². The van der Waals surface area contributed by atoms with Gasteiger partial charge in [-0.2, -0.15) is 0 Å². The summed E-state index contributed by atoms with van der Waals surface area (Å²) in [6.07, 6.45) is 6.54. The maximum Gasteiger partial charge on any atom is 0.328 e. The van der Waals surface area contributed by atoms with Crippen LogP contribution in [0.15, 0.2) is 54.7 Å². The number of piperidine rings is 1. The number of ether oxygens (including phenoxy) is 2. The van der Waals surface area contributed by atoms with Crippen molar-refractivity contribution in [1.82, 2.24) is 15.2 Å². The van der Waals surface area contributed by atoms with Crippen LogP contribution in [-0.2, 0) is 20.7 Å². The maximum atomic E-state index is 13.4. The molecule has 0 bridgehead atoms. The second kappa shape index (κ2) is 11.2. The van der Waals surface area contributed by atoms with Gasteiger partial charge in [0.1, 0.15) is 11.8 Å². The van der Waals surface area contributed by atoms with Crippen molar-refractivity contribution in [2.24, 2.45) is 5.92 Å². The minimum Gasteiger partial charge on any atom is -0.496 e. The van der Waals surface area contributed by atoms with Crippen molar-refractivity contribution < 1.29 is 24.2 Å². The molecule has 5 rings (SSSR count). The molecule has 2 heterocycles. The van der Waals surface area contributed by atoms with Gasteiger partial charge >= 0.3 is 5.97 Å². The number of amides is 1. The number of para-hydroxylation sites is 2. The van der Waals surface area contributed by atoms with E-state index >= 15 is 0 Å². The molecule has 2 aliphatic rings. The molecule has 3 N–H and O–H groups in total. The smallest absolute Gasteiger partial charge is 0.328 e. The van der Waals surface area contributed by atoms with Gasteiger partial charge < -0.3 is 24.9 Å². The Morgan fingerprint density at radius 1 is 1.13 bits per heavy atom. The van der Waals surface area contributed by atoms with Crippen molar-refractivity contribution in [2.75, 3.05) is 27.3 Å². The van der Waals surface area contributed by atoms with E-state index in [1.165, 1.54) is 7.11 Å². The molecule has 1 amide bonds. The molecule has 1 aromatic heterocycles. The van der Waals surface area contributed by atoms with Gasteiger partial charge in [0.15, 0.2) is 0 Å². The van der Waals surface area contributed by atoms with Crippen LogP contribution < -0.4 is 10.1 Å². The van der Waals surface area contributed by atoms with Crippen LogP contribution in [0.25, 0.3) is 10.9 Å². The SMILES string of the molecule is COC(=O)C(Cc1c[nH]c2ccccc12)NC(=O)CN1CC[C@@]2(O)CCCC[C@H]2[C@@H]1c1ccccc1OC. The molecule has 0 radical (unpaired) electrons. The van der Waals surface area contributed by atoms with E-state index in [9.17, 15) is 14.7 Å². The fourth-order valence-corrected chi connectivity index (χ4v) is 6.52. The van der Waals surface area contributed by atoms with Gasteiger partial charge in [-0.25, -0.2) is 4.79 Å². The van der Waals surface area contributed by atoms with Gasteiger partial charge in [0.05, 0.1) is 26.4 Å². The molecule has 0 spiro atoms. The molecule has 1 saturated carbocycles. The molecule has 2 fully saturated rings. The van der Waals surface area contributed by atoms with E-state index in [1.54, 1.807) is 7.11 Å². The van der Waals surface area contributed by atoms with Crippen LogP contribution in [0.1, 0.15) is 49.3 Å². The van der Waals surface area contributed by atoms with Gasteiger partial charge in [0.2, 0.25) is 5.91 Å². The van der Waals surface area contributed by atoms with Gasteiger partial charge in [-0.3, -0.25) is 9.69 Å². The number of esters is 1. The normalized spacial score (nSPS) is 24.4. The third kappa shape index (κ3) is 5.15. The fourth-order valence-electron chi connectivity index (χ4n) is 6.52. The van der Waals surface area contributed by atoms with Crippen LogP contribution in [0.3, 0.4) is 0 Å². The maximum absolute atomic E-state index is 13.4. The van der Waals surface area contributed by atoms with E-state index in [0.717, 1.165) is 53.5 Å². The quantitative estimate of drug-likeness (QED) is 0.392. The molecule has 1 unspecified atom stereocenters. The molecule has 4 atom stereocenters. The first kappa shape index (κ1) is 26.3. The second-order valence-corrected chi connectivity index (χ2v) is 10.6. The lowest BCUT2D eigenvalue weighted by molar-refractivity contribution is -0.146. The zero-order valence-electron chi connectivity index (χ0n) is 22.1. The summed E-state index contributed by atoms with van der Waals surface area (Å²) in [7, 11) is 2.99. The number of aromatic nitrogens is 1. The lowest BCUT2D eigenvalue weighted by Gasteiger charge is -2.52. The summed E-state index contributed by atoms with van der Waals surface area (Å²) >= 11 is 0. The number of nitrogens with zero attached hydrogens (tertiary/aromatic N) is 1. The van der Waals surface area contributed by atoms with Crippen LogP contribution in [0.2, 0.25) is 0 Å². The number of carbonyl (C=O) groups excluding carboxylic acids is 2. The average Bonchev–Trinajstić information content (AvgIpc) is 3.35. The molecule has 202 valence electrons. The summed E-state index contributed by atoms with van der Waals surface area (Å²) in [6.45, 7) is 0.686. The van der Waals surface area contributed by atoms with Crippen molar-refractivity contribution in [3.8, 4) is 5.75 Å². The summed E-state index contributed by atoms with van der Waals surface area (Å²) < 4.78 is 10.7. The molecule has 38 heavy (non-hydrogen) atoms. The number of aliphatic hydroxyl groups is 1.